The van der Waals surface area contributed by atoms with Crippen LogP contribution < -0.4 is 10.5 Å². The van der Waals surface area contributed by atoms with Crippen molar-refractivity contribution in [1.82, 2.24) is 0 Å². The summed E-state index contributed by atoms with van der Waals surface area (Å²) >= 11 is 3.11. The fourth-order valence-corrected chi connectivity index (χ4v) is 2.17. The summed E-state index contributed by atoms with van der Waals surface area (Å²) in [5.74, 6) is -0.208. The van der Waals surface area contributed by atoms with E-state index in [0.29, 0.717) is 4.47 Å². The van der Waals surface area contributed by atoms with Crippen LogP contribution in [0.4, 0.5) is 17.6 Å². The highest BCUT2D eigenvalue weighted by Gasteiger charge is 2.31. The molecule has 112 valence electrons. The highest BCUT2D eigenvalue weighted by molar-refractivity contribution is 9.10. The zero-order valence-corrected chi connectivity index (χ0v) is 12.1. The SMILES string of the molecule is NCc1cc(C(F)(F)F)ccc1Oc1cc(F)cc(Br)c1. The van der Waals surface area contributed by atoms with Crippen LogP contribution in [0.5, 0.6) is 11.5 Å². The van der Waals surface area contributed by atoms with Crippen LogP contribution in [0.2, 0.25) is 0 Å². The van der Waals surface area contributed by atoms with Crippen LogP contribution in [0.15, 0.2) is 40.9 Å². The van der Waals surface area contributed by atoms with Crippen LogP contribution in [-0.4, -0.2) is 0 Å². The van der Waals surface area contributed by atoms with E-state index in [1.807, 2.05) is 0 Å². The summed E-state index contributed by atoms with van der Waals surface area (Å²) < 4.78 is 57.0. The van der Waals surface area contributed by atoms with Gasteiger partial charge in [0.2, 0.25) is 0 Å². The third kappa shape index (κ3) is 3.95. The van der Waals surface area contributed by atoms with Crippen LogP contribution in [0, 0.1) is 5.82 Å². The van der Waals surface area contributed by atoms with Crippen molar-refractivity contribution in [3.63, 3.8) is 0 Å². The van der Waals surface area contributed by atoms with Crippen LogP contribution in [0.1, 0.15) is 11.1 Å². The normalized spacial score (nSPS) is 11.5. The molecule has 0 bridgehead atoms. The van der Waals surface area contributed by atoms with Gasteiger partial charge in [-0.2, -0.15) is 13.2 Å². The molecule has 0 saturated carbocycles. The zero-order valence-electron chi connectivity index (χ0n) is 10.5. The molecule has 0 spiro atoms. The van der Waals surface area contributed by atoms with Crippen LogP contribution in [0.25, 0.3) is 0 Å². The lowest BCUT2D eigenvalue weighted by atomic mass is 10.1. The quantitative estimate of drug-likeness (QED) is 0.790. The van der Waals surface area contributed by atoms with Crippen molar-refractivity contribution >= 4 is 15.9 Å². The number of hydrogen-bond donors (Lipinski definition) is 1. The van der Waals surface area contributed by atoms with Gasteiger partial charge >= 0.3 is 6.18 Å². The first-order valence-corrected chi connectivity index (χ1v) is 6.63. The van der Waals surface area contributed by atoms with Gasteiger partial charge in [0.25, 0.3) is 0 Å². The number of alkyl halides is 3. The second kappa shape index (κ2) is 6.03. The molecule has 21 heavy (non-hydrogen) atoms. The van der Waals surface area contributed by atoms with Crippen molar-refractivity contribution in [2.45, 2.75) is 12.7 Å². The maximum atomic E-state index is 13.3. The number of benzene rings is 2. The second-order valence-corrected chi connectivity index (χ2v) is 5.15. The molecule has 2 rings (SSSR count). The van der Waals surface area contributed by atoms with E-state index in [2.05, 4.69) is 15.9 Å². The fraction of sp³-hybridized carbons (Fsp3) is 0.143. The third-order valence-corrected chi connectivity index (χ3v) is 3.13. The summed E-state index contributed by atoms with van der Waals surface area (Å²) in [6.45, 7) is -0.129. The molecule has 2 aromatic carbocycles. The Morgan fingerprint density at radius 3 is 2.38 bits per heavy atom. The van der Waals surface area contributed by atoms with E-state index >= 15 is 0 Å². The van der Waals surface area contributed by atoms with Gasteiger partial charge in [0.15, 0.2) is 0 Å². The molecule has 0 aliphatic rings. The predicted octanol–water partition coefficient (Wildman–Crippen LogP) is 4.86. The first-order chi connectivity index (χ1) is 9.79. The van der Waals surface area contributed by atoms with E-state index in [1.165, 1.54) is 18.2 Å². The standard InChI is InChI=1S/C14H10BrF4NO/c15-10-4-11(16)6-12(5-10)21-13-2-1-9(14(17,18)19)3-8(13)7-20/h1-6H,7,20H2. The molecule has 0 aliphatic heterocycles. The van der Waals surface area contributed by atoms with Crippen molar-refractivity contribution in [3.8, 4) is 11.5 Å². The van der Waals surface area contributed by atoms with Crippen molar-refractivity contribution < 1.29 is 22.3 Å². The topological polar surface area (TPSA) is 35.2 Å². The molecular weight excluding hydrogens is 354 g/mol. The Kier molecular flexibility index (Phi) is 4.53. The van der Waals surface area contributed by atoms with Gasteiger partial charge in [-0.3, -0.25) is 0 Å². The summed E-state index contributed by atoms with van der Waals surface area (Å²) in [7, 11) is 0. The van der Waals surface area contributed by atoms with E-state index in [4.69, 9.17) is 10.5 Å². The Morgan fingerprint density at radius 1 is 1.10 bits per heavy atom. The number of nitrogens with two attached hydrogens (primary N) is 1. The Morgan fingerprint density at radius 2 is 1.81 bits per heavy atom. The molecule has 0 heterocycles. The minimum absolute atomic E-state index is 0.129. The number of ether oxygens (including phenoxy) is 1. The molecule has 0 saturated heterocycles. The summed E-state index contributed by atoms with van der Waals surface area (Å²) in [6, 6.07) is 6.85. The van der Waals surface area contributed by atoms with E-state index in [-0.39, 0.29) is 23.6 Å². The molecule has 0 aromatic heterocycles. The molecule has 0 aliphatic carbocycles. The smallest absolute Gasteiger partial charge is 0.416 e. The minimum atomic E-state index is -4.45. The first-order valence-electron chi connectivity index (χ1n) is 5.84. The molecule has 0 fully saturated rings. The van der Waals surface area contributed by atoms with Crippen molar-refractivity contribution in [2.24, 2.45) is 5.73 Å². The Hall–Kier alpha value is -1.60. The van der Waals surface area contributed by atoms with Crippen molar-refractivity contribution in [2.75, 3.05) is 0 Å². The minimum Gasteiger partial charge on any atom is -0.457 e. The van der Waals surface area contributed by atoms with E-state index in [0.717, 1.165) is 18.2 Å². The van der Waals surface area contributed by atoms with E-state index in [9.17, 15) is 17.6 Å². The van der Waals surface area contributed by atoms with Gasteiger partial charge in [0.05, 0.1) is 5.56 Å². The first kappa shape index (κ1) is 15.8. The third-order valence-electron chi connectivity index (χ3n) is 2.67. The highest BCUT2D eigenvalue weighted by Crippen LogP contribution is 2.34. The maximum Gasteiger partial charge on any atom is 0.416 e. The molecule has 2 N–H and O–H groups in total. The lowest BCUT2D eigenvalue weighted by Crippen LogP contribution is -2.08. The Balaban J connectivity index is 2.36. The van der Waals surface area contributed by atoms with Gasteiger partial charge in [0, 0.05) is 22.6 Å². The molecule has 0 unspecified atom stereocenters. The number of hydrogen-bond acceptors (Lipinski definition) is 2. The summed E-state index contributed by atoms with van der Waals surface area (Å²) in [5, 5.41) is 0. The number of halogens is 5. The summed E-state index contributed by atoms with van der Waals surface area (Å²) in [4.78, 5) is 0. The predicted molar refractivity (Wildman–Crippen MR) is 73.5 cm³/mol. The van der Waals surface area contributed by atoms with Gasteiger partial charge in [0.1, 0.15) is 17.3 Å². The van der Waals surface area contributed by atoms with Gasteiger partial charge in [-0.25, -0.2) is 4.39 Å². The van der Waals surface area contributed by atoms with Gasteiger partial charge in [-0.1, -0.05) is 15.9 Å². The molecule has 7 heteroatoms. The summed E-state index contributed by atoms with van der Waals surface area (Å²) in [5.41, 5.74) is 4.82. The number of rotatable bonds is 3. The van der Waals surface area contributed by atoms with Gasteiger partial charge in [-0.15, -0.1) is 0 Å². The average molecular weight is 364 g/mol. The molecular formula is C14H10BrF4NO. The molecule has 2 aromatic rings. The zero-order chi connectivity index (χ0) is 15.6. The van der Waals surface area contributed by atoms with E-state index in [1.54, 1.807) is 0 Å². The molecule has 0 atom stereocenters. The monoisotopic (exact) mass is 363 g/mol. The lowest BCUT2D eigenvalue weighted by molar-refractivity contribution is -0.137. The van der Waals surface area contributed by atoms with Crippen molar-refractivity contribution in [3.05, 3.63) is 57.8 Å². The highest BCUT2D eigenvalue weighted by atomic mass is 79.9. The Bertz CT molecular complexity index is 638. The van der Waals surface area contributed by atoms with E-state index < -0.39 is 17.6 Å². The largest absolute Gasteiger partial charge is 0.457 e. The molecule has 2 nitrogen and oxygen atoms in total. The summed E-state index contributed by atoms with van der Waals surface area (Å²) in [6.07, 6.45) is -4.45. The Labute approximate surface area is 126 Å². The van der Waals surface area contributed by atoms with Crippen LogP contribution in [-0.2, 0) is 12.7 Å². The maximum absolute atomic E-state index is 13.3. The molecule has 0 amide bonds. The molecule has 0 radical (unpaired) electrons. The van der Waals surface area contributed by atoms with Gasteiger partial charge in [-0.05, 0) is 30.3 Å². The average Bonchev–Trinajstić information content (AvgIpc) is 2.36. The van der Waals surface area contributed by atoms with Crippen molar-refractivity contribution in [1.29, 1.82) is 0 Å². The fourth-order valence-electron chi connectivity index (χ4n) is 1.73. The second-order valence-electron chi connectivity index (χ2n) is 4.23. The van der Waals surface area contributed by atoms with Gasteiger partial charge < -0.3 is 10.5 Å². The van der Waals surface area contributed by atoms with Crippen LogP contribution >= 0.6 is 15.9 Å². The lowest BCUT2D eigenvalue weighted by Gasteiger charge is -2.13. The van der Waals surface area contributed by atoms with Crippen LogP contribution in [0.3, 0.4) is 0 Å².